The monoisotopic (exact) mass is 335 g/mol. The molecule has 1 aromatic carbocycles. The van der Waals surface area contributed by atoms with Gasteiger partial charge in [-0.05, 0) is 36.5 Å². The number of rotatable bonds is 3. The molecule has 0 saturated carbocycles. The van der Waals surface area contributed by atoms with Gasteiger partial charge < -0.3 is 5.73 Å². The number of nitrogens with zero attached hydrogens (tertiary/aromatic N) is 2. The van der Waals surface area contributed by atoms with Crippen LogP contribution in [0.4, 0.5) is 13.2 Å². The lowest BCUT2D eigenvalue weighted by Crippen LogP contribution is -2.28. The fraction of sp³-hybridized carbons (Fsp3) is 0.353. The number of benzene rings is 1. The summed E-state index contributed by atoms with van der Waals surface area (Å²) in [6.07, 6.45) is -0.450. The van der Waals surface area contributed by atoms with Crippen molar-refractivity contribution in [3.63, 3.8) is 0 Å². The molecule has 0 saturated heterocycles. The lowest BCUT2D eigenvalue weighted by atomic mass is 9.87. The molecule has 0 radical (unpaired) electrons. The number of hydrogen-bond acceptors (Lipinski definition) is 4. The fourth-order valence-corrected chi connectivity index (χ4v) is 2.82. The number of halogens is 3. The highest BCUT2D eigenvalue weighted by atomic mass is 19.4. The first-order valence-corrected chi connectivity index (χ1v) is 7.61. The Balaban J connectivity index is 1.73. The lowest BCUT2D eigenvalue weighted by molar-refractivity contribution is -0.141. The van der Waals surface area contributed by atoms with E-state index in [0.717, 1.165) is 36.6 Å². The van der Waals surface area contributed by atoms with Crippen LogP contribution in [0.2, 0.25) is 0 Å². The van der Waals surface area contributed by atoms with Crippen molar-refractivity contribution in [2.24, 2.45) is 5.73 Å². The highest BCUT2D eigenvalue weighted by Gasteiger charge is 2.32. The van der Waals surface area contributed by atoms with Gasteiger partial charge in [-0.25, -0.2) is 4.98 Å². The van der Waals surface area contributed by atoms with Gasteiger partial charge in [-0.2, -0.15) is 13.2 Å². The van der Waals surface area contributed by atoms with Crippen molar-refractivity contribution < 1.29 is 18.0 Å². The molecule has 0 bridgehead atoms. The molecule has 126 valence electrons. The summed E-state index contributed by atoms with van der Waals surface area (Å²) >= 11 is 0. The van der Waals surface area contributed by atoms with E-state index in [4.69, 9.17) is 5.73 Å². The third-order valence-electron chi connectivity index (χ3n) is 4.13. The fourth-order valence-electron chi connectivity index (χ4n) is 2.82. The van der Waals surface area contributed by atoms with Gasteiger partial charge in [-0.1, -0.05) is 12.1 Å². The molecular formula is C17H16F3N3O. The average Bonchev–Trinajstić information content (AvgIpc) is 2.54. The Hall–Kier alpha value is -2.28. The van der Waals surface area contributed by atoms with E-state index in [0.29, 0.717) is 11.8 Å². The summed E-state index contributed by atoms with van der Waals surface area (Å²) in [4.78, 5) is 19.3. The van der Waals surface area contributed by atoms with Gasteiger partial charge in [-0.15, -0.1) is 0 Å². The minimum atomic E-state index is -4.53. The van der Waals surface area contributed by atoms with Crippen molar-refractivity contribution in [3.8, 4) is 0 Å². The van der Waals surface area contributed by atoms with E-state index in [1.807, 2.05) is 12.1 Å². The number of aromatic nitrogens is 2. The summed E-state index contributed by atoms with van der Waals surface area (Å²) in [6.45, 7) is 0. The molecule has 24 heavy (non-hydrogen) atoms. The highest BCUT2D eigenvalue weighted by molar-refractivity contribution is 5.97. The number of ketones is 1. The standard InChI is InChI=1S/C17H16F3N3O/c18-17(19,20)16-9-22-14(8-23-16)7-15(24)12-2-1-11-6-13(21)4-3-10(11)5-12/h1-2,5,8-9,13H,3-4,6-7,21H2. The predicted octanol–water partition coefficient (Wildman–Crippen LogP) is 2.74. The zero-order valence-electron chi connectivity index (χ0n) is 12.8. The molecule has 7 heteroatoms. The molecule has 1 aliphatic carbocycles. The molecule has 1 aliphatic rings. The van der Waals surface area contributed by atoms with Crippen molar-refractivity contribution in [2.75, 3.05) is 0 Å². The molecule has 0 fully saturated rings. The molecular weight excluding hydrogens is 319 g/mol. The summed E-state index contributed by atoms with van der Waals surface area (Å²) < 4.78 is 37.4. The van der Waals surface area contributed by atoms with Gasteiger partial charge >= 0.3 is 6.18 Å². The maximum Gasteiger partial charge on any atom is 0.434 e. The van der Waals surface area contributed by atoms with E-state index >= 15 is 0 Å². The molecule has 0 amide bonds. The first-order valence-electron chi connectivity index (χ1n) is 7.61. The second kappa shape index (κ2) is 6.32. The second-order valence-corrected chi connectivity index (χ2v) is 5.98. The Kier molecular flexibility index (Phi) is 4.36. The largest absolute Gasteiger partial charge is 0.434 e. The second-order valence-electron chi connectivity index (χ2n) is 5.98. The lowest BCUT2D eigenvalue weighted by Gasteiger charge is -2.21. The van der Waals surface area contributed by atoms with Crippen molar-refractivity contribution >= 4 is 5.78 Å². The average molecular weight is 335 g/mol. The van der Waals surface area contributed by atoms with Gasteiger partial charge in [0.2, 0.25) is 0 Å². The quantitative estimate of drug-likeness (QED) is 0.876. The van der Waals surface area contributed by atoms with Crippen LogP contribution in [0.25, 0.3) is 0 Å². The molecule has 1 unspecified atom stereocenters. The van der Waals surface area contributed by atoms with Crippen LogP contribution in [0.5, 0.6) is 0 Å². The summed E-state index contributed by atoms with van der Waals surface area (Å²) in [5.74, 6) is -0.193. The normalized spacial score (nSPS) is 17.4. The zero-order valence-corrected chi connectivity index (χ0v) is 12.8. The number of nitrogens with two attached hydrogens (primary N) is 1. The number of Topliss-reactive ketones (excluding diaryl/α,β-unsaturated/α-hetero) is 1. The number of fused-ring (bicyclic) bond motifs is 1. The first-order chi connectivity index (χ1) is 11.3. The summed E-state index contributed by atoms with van der Waals surface area (Å²) in [6, 6.07) is 5.64. The van der Waals surface area contributed by atoms with Crippen molar-refractivity contribution in [2.45, 2.75) is 37.9 Å². The van der Waals surface area contributed by atoms with Crippen LogP contribution >= 0.6 is 0 Å². The SMILES string of the molecule is NC1CCc2cc(C(=O)Cc3cnc(C(F)(F)F)cn3)ccc2C1. The van der Waals surface area contributed by atoms with E-state index in [1.54, 1.807) is 6.07 Å². The minimum absolute atomic E-state index is 0.0799. The van der Waals surface area contributed by atoms with Gasteiger partial charge in [0.05, 0.1) is 18.3 Å². The minimum Gasteiger partial charge on any atom is -0.327 e. The van der Waals surface area contributed by atoms with Crippen molar-refractivity contribution in [3.05, 3.63) is 58.7 Å². The van der Waals surface area contributed by atoms with Crippen LogP contribution < -0.4 is 5.73 Å². The van der Waals surface area contributed by atoms with Crippen LogP contribution in [0.1, 0.15) is 39.3 Å². The number of carbonyl (C=O) groups is 1. The van der Waals surface area contributed by atoms with Gasteiger partial charge in [-0.3, -0.25) is 9.78 Å². The van der Waals surface area contributed by atoms with Crippen LogP contribution in [-0.2, 0) is 25.4 Å². The van der Waals surface area contributed by atoms with Crippen LogP contribution in [0.15, 0.2) is 30.6 Å². The van der Waals surface area contributed by atoms with E-state index < -0.39 is 11.9 Å². The molecule has 2 N–H and O–H groups in total. The smallest absolute Gasteiger partial charge is 0.327 e. The topological polar surface area (TPSA) is 68.9 Å². The molecule has 1 atom stereocenters. The van der Waals surface area contributed by atoms with E-state index in [1.165, 1.54) is 0 Å². The highest BCUT2D eigenvalue weighted by Crippen LogP contribution is 2.26. The summed E-state index contributed by atoms with van der Waals surface area (Å²) in [5, 5.41) is 0. The van der Waals surface area contributed by atoms with Crippen LogP contribution in [-0.4, -0.2) is 21.8 Å². The number of alkyl halides is 3. The Morgan fingerprint density at radius 3 is 2.67 bits per heavy atom. The molecule has 1 heterocycles. The Morgan fingerprint density at radius 2 is 2.00 bits per heavy atom. The number of aryl methyl sites for hydroxylation is 1. The molecule has 0 aliphatic heterocycles. The third kappa shape index (κ3) is 3.62. The van der Waals surface area contributed by atoms with Crippen molar-refractivity contribution in [1.82, 2.24) is 9.97 Å². The number of carbonyl (C=O) groups excluding carboxylic acids is 1. The van der Waals surface area contributed by atoms with Crippen LogP contribution in [0, 0.1) is 0 Å². The van der Waals surface area contributed by atoms with Crippen molar-refractivity contribution in [1.29, 1.82) is 0 Å². The Morgan fingerprint density at radius 1 is 1.21 bits per heavy atom. The van der Waals surface area contributed by atoms with Gasteiger partial charge in [0.25, 0.3) is 0 Å². The predicted molar refractivity (Wildman–Crippen MR) is 81.5 cm³/mol. The van der Waals surface area contributed by atoms with E-state index in [9.17, 15) is 18.0 Å². The third-order valence-corrected chi connectivity index (χ3v) is 4.13. The molecule has 3 rings (SSSR count). The summed E-state index contributed by atoms with van der Waals surface area (Å²) in [7, 11) is 0. The van der Waals surface area contributed by atoms with Gasteiger partial charge in [0.1, 0.15) is 0 Å². The van der Waals surface area contributed by atoms with Gasteiger partial charge in [0.15, 0.2) is 11.5 Å². The molecule has 2 aromatic rings. The Bertz CT molecular complexity index is 757. The number of hydrogen-bond donors (Lipinski definition) is 1. The first kappa shape index (κ1) is 16.6. The molecule has 4 nitrogen and oxygen atoms in total. The van der Waals surface area contributed by atoms with Crippen LogP contribution in [0.3, 0.4) is 0 Å². The molecule has 1 aromatic heterocycles. The summed E-state index contributed by atoms with van der Waals surface area (Å²) in [5.41, 5.74) is 7.88. The maximum absolute atomic E-state index is 12.5. The van der Waals surface area contributed by atoms with Gasteiger partial charge in [0, 0.05) is 17.8 Å². The van der Waals surface area contributed by atoms with E-state index in [-0.39, 0.29) is 23.9 Å². The van der Waals surface area contributed by atoms with E-state index in [2.05, 4.69) is 9.97 Å². The zero-order chi connectivity index (χ0) is 17.3. The maximum atomic E-state index is 12.5. The Labute approximate surface area is 136 Å². The molecule has 0 spiro atoms.